The minimum atomic E-state index is -0.262. The van der Waals surface area contributed by atoms with Crippen LogP contribution in [0.15, 0.2) is 23.2 Å². The van der Waals surface area contributed by atoms with Crippen molar-refractivity contribution in [3.8, 4) is 0 Å². The molecule has 11 heavy (non-hydrogen) atoms. The fourth-order valence-electron chi connectivity index (χ4n) is 1.18. The average molecular weight is 150 g/mol. The molecule has 2 rings (SSSR count). The van der Waals surface area contributed by atoms with Gasteiger partial charge in [0.05, 0.1) is 5.69 Å². The molecule has 1 aromatic rings. The Morgan fingerprint density at radius 3 is 3.09 bits per heavy atom. The first kappa shape index (κ1) is 6.34. The maximum atomic E-state index is 12.6. The molecule has 1 aliphatic heterocycles. The number of amidine groups is 1. The Morgan fingerprint density at radius 1 is 1.45 bits per heavy atom. The number of nitrogens with two attached hydrogens (primary N) is 1. The lowest BCUT2D eigenvalue weighted by Gasteiger charge is -1.93. The predicted octanol–water partition coefficient (Wildman–Crippen LogP) is 1.37. The summed E-state index contributed by atoms with van der Waals surface area (Å²) in [5.74, 6) is 0.299. The third kappa shape index (κ3) is 0.981. The first-order valence-corrected chi connectivity index (χ1v) is 3.37. The zero-order valence-corrected chi connectivity index (χ0v) is 5.84. The highest BCUT2D eigenvalue weighted by atomic mass is 19.1. The summed E-state index contributed by atoms with van der Waals surface area (Å²) in [6.07, 6.45) is 0.648. The van der Waals surface area contributed by atoms with Crippen LogP contribution in [-0.4, -0.2) is 5.84 Å². The van der Waals surface area contributed by atoms with Crippen LogP contribution in [0.3, 0.4) is 0 Å². The van der Waals surface area contributed by atoms with E-state index in [2.05, 4.69) is 4.99 Å². The van der Waals surface area contributed by atoms with Crippen LogP contribution in [0.5, 0.6) is 0 Å². The summed E-state index contributed by atoms with van der Waals surface area (Å²) in [6, 6.07) is 4.54. The van der Waals surface area contributed by atoms with E-state index in [9.17, 15) is 4.39 Å². The topological polar surface area (TPSA) is 38.4 Å². The molecule has 0 saturated carbocycles. The van der Waals surface area contributed by atoms with Crippen molar-refractivity contribution < 1.29 is 4.39 Å². The van der Waals surface area contributed by atoms with Crippen molar-refractivity contribution in [2.45, 2.75) is 6.42 Å². The first-order chi connectivity index (χ1) is 5.25. The summed E-state index contributed by atoms with van der Waals surface area (Å²) >= 11 is 0. The van der Waals surface area contributed by atoms with Gasteiger partial charge in [-0.3, -0.25) is 0 Å². The van der Waals surface area contributed by atoms with Gasteiger partial charge in [0, 0.05) is 6.42 Å². The fourth-order valence-corrected chi connectivity index (χ4v) is 1.18. The van der Waals surface area contributed by atoms with E-state index in [0.29, 0.717) is 17.9 Å². The van der Waals surface area contributed by atoms with Crippen molar-refractivity contribution >= 4 is 11.5 Å². The molecule has 0 bridgehead atoms. The molecule has 0 aromatic heterocycles. The number of aliphatic imine (C=N–C) groups is 1. The van der Waals surface area contributed by atoms with E-state index in [1.165, 1.54) is 12.1 Å². The average Bonchev–Trinajstić information content (AvgIpc) is 2.27. The van der Waals surface area contributed by atoms with Crippen LogP contribution in [-0.2, 0) is 6.42 Å². The Balaban J connectivity index is 2.54. The Morgan fingerprint density at radius 2 is 2.27 bits per heavy atom. The minimum absolute atomic E-state index is 0.262. The lowest BCUT2D eigenvalue weighted by Crippen LogP contribution is -2.09. The van der Waals surface area contributed by atoms with Gasteiger partial charge in [0.2, 0.25) is 0 Å². The number of nitrogens with zero attached hydrogens (tertiary/aromatic N) is 1. The SMILES string of the molecule is NC1=Nc2cc(F)ccc2C1. The second-order valence-electron chi connectivity index (χ2n) is 2.55. The number of halogens is 1. The van der Waals surface area contributed by atoms with Crippen LogP contribution in [0.4, 0.5) is 10.1 Å². The van der Waals surface area contributed by atoms with E-state index in [1.54, 1.807) is 6.07 Å². The molecular weight excluding hydrogens is 143 g/mol. The summed E-state index contributed by atoms with van der Waals surface area (Å²) < 4.78 is 12.6. The summed E-state index contributed by atoms with van der Waals surface area (Å²) in [5, 5.41) is 0. The molecule has 2 nitrogen and oxygen atoms in total. The van der Waals surface area contributed by atoms with E-state index in [0.717, 1.165) is 5.56 Å². The Kier molecular flexibility index (Phi) is 1.18. The Labute approximate surface area is 63.6 Å². The molecule has 0 unspecified atom stereocenters. The molecule has 1 aromatic carbocycles. The van der Waals surface area contributed by atoms with Crippen LogP contribution in [0.25, 0.3) is 0 Å². The van der Waals surface area contributed by atoms with Crippen LogP contribution in [0, 0.1) is 5.82 Å². The van der Waals surface area contributed by atoms with Crippen LogP contribution in [0.2, 0.25) is 0 Å². The molecule has 0 fully saturated rings. The van der Waals surface area contributed by atoms with E-state index < -0.39 is 0 Å². The number of benzene rings is 1. The van der Waals surface area contributed by atoms with E-state index in [4.69, 9.17) is 5.73 Å². The van der Waals surface area contributed by atoms with Crippen molar-refractivity contribution in [2.75, 3.05) is 0 Å². The highest BCUT2D eigenvalue weighted by molar-refractivity contribution is 5.90. The second kappa shape index (κ2) is 2.05. The maximum Gasteiger partial charge on any atom is 0.125 e. The smallest absolute Gasteiger partial charge is 0.125 e. The summed E-state index contributed by atoms with van der Waals surface area (Å²) in [6.45, 7) is 0. The maximum absolute atomic E-state index is 12.6. The molecule has 3 heteroatoms. The van der Waals surface area contributed by atoms with E-state index in [1.807, 2.05) is 0 Å². The van der Waals surface area contributed by atoms with Crippen molar-refractivity contribution in [1.29, 1.82) is 0 Å². The molecule has 0 atom stereocenters. The molecule has 56 valence electrons. The molecule has 0 spiro atoms. The van der Waals surface area contributed by atoms with Crippen LogP contribution >= 0.6 is 0 Å². The number of rotatable bonds is 0. The standard InChI is InChI=1S/C8H7FN2/c9-6-2-1-5-3-8(10)11-7(5)4-6/h1-2,4H,3H2,(H2,10,11). The number of hydrogen-bond donors (Lipinski definition) is 1. The van der Waals surface area contributed by atoms with Crippen molar-refractivity contribution in [3.05, 3.63) is 29.6 Å². The largest absolute Gasteiger partial charge is 0.387 e. The molecule has 0 aliphatic carbocycles. The Bertz CT molecular complexity index is 331. The van der Waals surface area contributed by atoms with Gasteiger partial charge in [-0.1, -0.05) is 6.07 Å². The summed E-state index contributed by atoms with van der Waals surface area (Å²) in [5.41, 5.74) is 7.14. The van der Waals surface area contributed by atoms with Crippen LogP contribution in [0.1, 0.15) is 5.56 Å². The third-order valence-corrected chi connectivity index (χ3v) is 1.68. The van der Waals surface area contributed by atoms with Gasteiger partial charge in [0.25, 0.3) is 0 Å². The van der Waals surface area contributed by atoms with E-state index in [-0.39, 0.29) is 5.82 Å². The molecular formula is C8H7FN2. The zero-order valence-electron chi connectivity index (χ0n) is 5.84. The summed E-state index contributed by atoms with van der Waals surface area (Å²) in [7, 11) is 0. The third-order valence-electron chi connectivity index (χ3n) is 1.68. The molecule has 0 saturated heterocycles. The summed E-state index contributed by atoms with van der Waals surface area (Å²) in [4.78, 5) is 3.97. The van der Waals surface area contributed by atoms with Gasteiger partial charge in [-0.05, 0) is 17.7 Å². The van der Waals surface area contributed by atoms with Crippen molar-refractivity contribution in [2.24, 2.45) is 10.7 Å². The van der Waals surface area contributed by atoms with Gasteiger partial charge in [-0.15, -0.1) is 0 Å². The lowest BCUT2D eigenvalue weighted by atomic mass is 10.1. The normalized spacial score (nSPS) is 14.5. The van der Waals surface area contributed by atoms with Crippen molar-refractivity contribution in [1.82, 2.24) is 0 Å². The molecule has 1 aliphatic rings. The lowest BCUT2D eigenvalue weighted by molar-refractivity contribution is 0.628. The number of fused-ring (bicyclic) bond motifs is 1. The second-order valence-corrected chi connectivity index (χ2v) is 2.55. The van der Waals surface area contributed by atoms with Gasteiger partial charge >= 0.3 is 0 Å². The van der Waals surface area contributed by atoms with E-state index >= 15 is 0 Å². The molecule has 1 heterocycles. The van der Waals surface area contributed by atoms with Gasteiger partial charge in [-0.2, -0.15) is 0 Å². The minimum Gasteiger partial charge on any atom is -0.387 e. The number of hydrogen-bond acceptors (Lipinski definition) is 2. The van der Waals surface area contributed by atoms with Crippen LogP contribution < -0.4 is 5.73 Å². The van der Waals surface area contributed by atoms with Gasteiger partial charge in [0.15, 0.2) is 0 Å². The monoisotopic (exact) mass is 150 g/mol. The first-order valence-electron chi connectivity index (χ1n) is 3.37. The fraction of sp³-hybridized carbons (Fsp3) is 0.125. The van der Waals surface area contributed by atoms with Gasteiger partial charge < -0.3 is 5.73 Å². The van der Waals surface area contributed by atoms with Crippen molar-refractivity contribution in [3.63, 3.8) is 0 Å². The Hall–Kier alpha value is -1.38. The quantitative estimate of drug-likeness (QED) is 0.596. The highest BCUT2D eigenvalue weighted by Crippen LogP contribution is 2.25. The molecule has 0 amide bonds. The predicted molar refractivity (Wildman–Crippen MR) is 41.4 cm³/mol. The zero-order chi connectivity index (χ0) is 7.84. The van der Waals surface area contributed by atoms with Gasteiger partial charge in [0.1, 0.15) is 11.7 Å². The van der Waals surface area contributed by atoms with Gasteiger partial charge in [-0.25, -0.2) is 9.38 Å². The molecule has 0 radical (unpaired) electrons. The molecule has 2 N–H and O–H groups in total. The highest BCUT2D eigenvalue weighted by Gasteiger charge is 2.11.